The maximum absolute atomic E-state index is 10.6. The standard InChI is InChI=1S/C12H18OS/c1-11(2)6-4-7-12(11,13)9-10-5-3-8-14-10/h3,5,8,13H,4,6-7,9H2,1-2H3. The Hall–Kier alpha value is -0.340. The molecule has 1 aromatic heterocycles. The molecule has 0 spiro atoms. The minimum absolute atomic E-state index is 0.0803. The smallest absolute Gasteiger partial charge is 0.0746 e. The lowest BCUT2D eigenvalue weighted by Crippen LogP contribution is -2.41. The first-order valence-electron chi connectivity index (χ1n) is 5.28. The van der Waals surface area contributed by atoms with Gasteiger partial charge in [-0.1, -0.05) is 19.9 Å². The van der Waals surface area contributed by atoms with Gasteiger partial charge in [-0.05, 0) is 36.1 Å². The highest BCUT2D eigenvalue weighted by Gasteiger charge is 2.47. The number of rotatable bonds is 2. The third kappa shape index (κ3) is 1.61. The number of hydrogen-bond acceptors (Lipinski definition) is 2. The van der Waals surface area contributed by atoms with E-state index >= 15 is 0 Å². The Labute approximate surface area is 89.8 Å². The molecule has 1 unspecified atom stereocenters. The fraction of sp³-hybridized carbons (Fsp3) is 0.667. The van der Waals surface area contributed by atoms with Crippen LogP contribution in [0.4, 0.5) is 0 Å². The summed E-state index contributed by atoms with van der Waals surface area (Å²) in [4.78, 5) is 1.31. The molecule has 1 fully saturated rings. The average molecular weight is 210 g/mol. The van der Waals surface area contributed by atoms with Crippen LogP contribution in [0.15, 0.2) is 17.5 Å². The molecule has 78 valence electrons. The molecule has 1 nitrogen and oxygen atoms in total. The summed E-state index contributed by atoms with van der Waals surface area (Å²) in [5.74, 6) is 0. The summed E-state index contributed by atoms with van der Waals surface area (Å²) in [5, 5.41) is 12.7. The number of aliphatic hydroxyl groups is 1. The molecule has 0 radical (unpaired) electrons. The van der Waals surface area contributed by atoms with Crippen LogP contribution in [0.3, 0.4) is 0 Å². The highest BCUT2D eigenvalue weighted by molar-refractivity contribution is 7.09. The third-order valence-corrected chi connectivity index (χ3v) is 4.58. The van der Waals surface area contributed by atoms with E-state index in [1.807, 2.05) is 0 Å². The van der Waals surface area contributed by atoms with Gasteiger partial charge < -0.3 is 5.11 Å². The van der Waals surface area contributed by atoms with E-state index in [1.54, 1.807) is 11.3 Å². The summed E-state index contributed by atoms with van der Waals surface area (Å²) >= 11 is 1.75. The molecule has 0 aromatic carbocycles. The molecule has 0 amide bonds. The van der Waals surface area contributed by atoms with Gasteiger partial charge >= 0.3 is 0 Å². The largest absolute Gasteiger partial charge is 0.389 e. The van der Waals surface area contributed by atoms with E-state index in [-0.39, 0.29) is 5.41 Å². The average Bonchev–Trinajstić information content (AvgIpc) is 2.63. The van der Waals surface area contributed by atoms with Crippen molar-refractivity contribution < 1.29 is 5.11 Å². The second-order valence-corrected chi connectivity index (χ2v) is 6.06. The zero-order chi connectivity index (χ0) is 10.2. The predicted molar refractivity (Wildman–Crippen MR) is 60.6 cm³/mol. The van der Waals surface area contributed by atoms with Gasteiger partial charge in [-0.2, -0.15) is 0 Å². The van der Waals surface area contributed by atoms with Gasteiger partial charge in [-0.15, -0.1) is 11.3 Å². The summed E-state index contributed by atoms with van der Waals surface area (Å²) in [5.41, 5.74) is -0.394. The Kier molecular flexibility index (Phi) is 2.44. The van der Waals surface area contributed by atoms with E-state index in [2.05, 4.69) is 31.4 Å². The van der Waals surface area contributed by atoms with E-state index in [4.69, 9.17) is 0 Å². The van der Waals surface area contributed by atoms with Crippen molar-refractivity contribution in [3.05, 3.63) is 22.4 Å². The van der Waals surface area contributed by atoms with Crippen molar-refractivity contribution in [2.45, 2.75) is 45.1 Å². The second-order valence-electron chi connectivity index (χ2n) is 5.03. The molecule has 0 aliphatic heterocycles. The maximum Gasteiger partial charge on any atom is 0.0746 e. The number of hydrogen-bond donors (Lipinski definition) is 1. The van der Waals surface area contributed by atoms with Crippen LogP contribution in [0.2, 0.25) is 0 Å². The van der Waals surface area contributed by atoms with Crippen LogP contribution < -0.4 is 0 Å². The van der Waals surface area contributed by atoms with Gasteiger partial charge in [0.05, 0.1) is 5.60 Å². The molecule has 2 heteroatoms. The minimum Gasteiger partial charge on any atom is -0.389 e. The zero-order valence-corrected chi connectivity index (χ0v) is 9.73. The molecule has 1 heterocycles. The molecule has 1 aliphatic carbocycles. The van der Waals surface area contributed by atoms with Crippen LogP contribution in [0.5, 0.6) is 0 Å². The first-order chi connectivity index (χ1) is 6.54. The van der Waals surface area contributed by atoms with Crippen LogP contribution >= 0.6 is 11.3 Å². The fourth-order valence-electron chi connectivity index (χ4n) is 2.42. The van der Waals surface area contributed by atoms with Crippen molar-refractivity contribution in [3.63, 3.8) is 0 Å². The van der Waals surface area contributed by atoms with E-state index < -0.39 is 5.60 Å². The highest BCUT2D eigenvalue weighted by atomic mass is 32.1. The quantitative estimate of drug-likeness (QED) is 0.794. The Bertz CT molecular complexity index is 302. The van der Waals surface area contributed by atoms with Crippen molar-refractivity contribution in [2.75, 3.05) is 0 Å². The Balaban J connectivity index is 2.17. The Morgan fingerprint density at radius 1 is 1.43 bits per heavy atom. The van der Waals surface area contributed by atoms with Crippen molar-refractivity contribution in [2.24, 2.45) is 5.41 Å². The molecular weight excluding hydrogens is 192 g/mol. The number of thiophene rings is 1. The summed E-state index contributed by atoms with van der Waals surface area (Å²) in [6.45, 7) is 4.38. The Morgan fingerprint density at radius 2 is 2.21 bits per heavy atom. The fourth-order valence-corrected chi connectivity index (χ4v) is 3.23. The lowest BCUT2D eigenvalue weighted by atomic mass is 9.75. The Morgan fingerprint density at radius 3 is 2.71 bits per heavy atom. The highest BCUT2D eigenvalue weighted by Crippen LogP contribution is 2.47. The van der Waals surface area contributed by atoms with E-state index in [0.29, 0.717) is 0 Å². The van der Waals surface area contributed by atoms with Gasteiger partial charge in [0.25, 0.3) is 0 Å². The summed E-state index contributed by atoms with van der Waals surface area (Å²) in [7, 11) is 0. The second kappa shape index (κ2) is 3.35. The van der Waals surface area contributed by atoms with Gasteiger partial charge in [0.15, 0.2) is 0 Å². The monoisotopic (exact) mass is 210 g/mol. The molecule has 1 N–H and O–H groups in total. The topological polar surface area (TPSA) is 20.2 Å². The van der Waals surface area contributed by atoms with Crippen LogP contribution in [0.1, 0.15) is 38.0 Å². The van der Waals surface area contributed by atoms with Crippen molar-refractivity contribution in [1.29, 1.82) is 0 Å². The summed E-state index contributed by atoms with van der Waals surface area (Å²) in [6, 6.07) is 4.18. The molecule has 1 aliphatic rings. The first kappa shape index (κ1) is 10.2. The van der Waals surface area contributed by atoms with E-state index in [0.717, 1.165) is 25.7 Å². The van der Waals surface area contributed by atoms with Gasteiger partial charge in [-0.25, -0.2) is 0 Å². The van der Waals surface area contributed by atoms with Crippen LogP contribution in [0, 0.1) is 5.41 Å². The molecule has 2 rings (SSSR count). The van der Waals surface area contributed by atoms with Crippen LogP contribution in [0.25, 0.3) is 0 Å². The SMILES string of the molecule is CC1(C)CCCC1(O)Cc1cccs1. The van der Waals surface area contributed by atoms with Gasteiger partial charge in [0, 0.05) is 11.3 Å². The van der Waals surface area contributed by atoms with E-state index in [1.165, 1.54) is 4.88 Å². The van der Waals surface area contributed by atoms with Gasteiger partial charge in [0.1, 0.15) is 0 Å². The minimum atomic E-state index is -0.474. The van der Waals surface area contributed by atoms with Crippen LogP contribution in [-0.4, -0.2) is 10.7 Å². The lowest BCUT2D eigenvalue weighted by Gasteiger charge is -2.36. The molecule has 1 atom stereocenters. The molecule has 0 bridgehead atoms. The summed E-state index contributed by atoms with van der Waals surface area (Å²) < 4.78 is 0. The van der Waals surface area contributed by atoms with Gasteiger partial charge in [-0.3, -0.25) is 0 Å². The lowest BCUT2D eigenvalue weighted by molar-refractivity contribution is -0.0413. The molecule has 0 saturated heterocycles. The molecule has 1 aromatic rings. The van der Waals surface area contributed by atoms with Crippen molar-refractivity contribution in [3.8, 4) is 0 Å². The third-order valence-electron chi connectivity index (χ3n) is 3.70. The van der Waals surface area contributed by atoms with Crippen molar-refractivity contribution in [1.82, 2.24) is 0 Å². The normalized spacial score (nSPS) is 30.8. The molecule has 14 heavy (non-hydrogen) atoms. The summed E-state index contributed by atoms with van der Waals surface area (Å²) in [6.07, 6.45) is 4.10. The van der Waals surface area contributed by atoms with Gasteiger partial charge in [0.2, 0.25) is 0 Å². The van der Waals surface area contributed by atoms with Crippen LogP contribution in [-0.2, 0) is 6.42 Å². The molecular formula is C12H18OS. The predicted octanol–water partition coefficient (Wildman–Crippen LogP) is 3.23. The zero-order valence-electron chi connectivity index (χ0n) is 8.92. The van der Waals surface area contributed by atoms with E-state index in [9.17, 15) is 5.11 Å². The maximum atomic E-state index is 10.6. The van der Waals surface area contributed by atoms with Crippen molar-refractivity contribution >= 4 is 11.3 Å². The first-order valence-corrected chi connectivity index (χ1v) is 6.16. The molecule has 1 saturated carbocycles.